The maximum atomic E-state index is 13.2. The smallest absolute Gasteiger partial charge is 0.310 e. The number of halogens is 2. The van der Waals surface area contributed by atoms with Crippen molar-refractivity contribution in [3.63, 3.8) is 0 Å². The summed E-state index contributed by atoms with van der Waals surface area (Å²) in [6.45, 7) is 1.99. The van der Waals surface area contributed by atoms with Crippen molar-refractivity contribution >= 4 is 17.0 Å². The summed E-state index contributed by atoms with van der Waals surface area (Å²) < 4.78 is 32.4. The Morgan fingerprint density at radius 1 is 1.44 bits per heavy atom. The quantitative estimate of drug-likeness (QED) is 0.788. The van der Waals surface area contributed by atoms with Gasteiger partial charge in [-0.25, -0.2) is 13.8 Å². The molecule has 18 heavy (non-hydrogen) atoms. The molecule has 2 aromatic rings. The summed E-state index contributed by atoms with van der Waals surface area (Å²) in [6.07, 6.45) is 1.45. The summed E-state index contributed by atoms with van der Waals surface area (Å²) in [7, 11) is 1.31. The number of imidazole rings is 1. The molecule has 0 spiro atoms. The third kappa shape index (κ3) is 2.18. The van der Waals surface area contributed by atoms with Crippen molar-refractivity contribution in [2.45, 2.75) is 13.5 Å². The molecule has 0 aliphatic heterocycles. The van der Waals surface area contributed by atoms with Gasteiger partial charge in [0.15, 0.2) is 11.6 Å². The Morgan fingerprint density at radius 2 is 2.11 bits per heavy atom. The highest BCUT2D eigenvalue weighted by molar-refractivity contribution is 5.76. The number of nitrogens with zero attached hydrogens (tertiary/aromatic N) is 2. The molecule has 0 fully saturated rings. The number of benzene rings is 1. The highest BCUT2D eigenvalue weighted by Crippen LogP contribution is 2.18. The molecule has 0 N–H and O–H groups in total. The topological polar surface area (TPSA) is 44.1 Å². The Bertz CT molecular complexity index is 595. The third-order valence-electron chi connectivity index (χ3n) is 2.74. The minimum absolute atomic E-state index is 0.300. The molecule has 2 rings (SSSR count). The van der Waals surface area contributed by atoms with Crippen LogP contribution in [0.3, 0.4) is 0 Å². The van der Waals surface area contributed by atoms with Gasteiger partial charge in [0.25, 0.3) is 0 Å². The van der Waals surface area contributed by atoms with Crippen molar-refractivity contribution in [1.29, 1.82) is 0 Å². The molecule has 1 aromatic heterocycles. The normalized spacial score (nSPS) is 12.7. The van der Waals surface area contributed by atoms with Gasteiger partial charge in [0.05, 0.1) is 30.4 Å². The van der Waals surface area contributed by atoms with Gasteiger partial charge in [0.2, 0.25) is 0 Å². The number of fused-ring (bicyclic) bond motifs is 1. The number of hydrogen-bond donors (Lipinski definition) is 0. The van der Waals surface area contributed by atoms with Gasteiger partial charge in [-0.3, -0.25) is 4.79 Å². The van der Waals surface area contributed by atoms with Crippen molar-refractivity contribution < 1.29 is 18.3 Å². The van der Waals surface area contributed by atoms with Gasteiger partial charge in [0, 0.05) is 18.7 Å². The van der Waals surface area contributed by atoms with Gasteiger partial charge in [-0.1, -0.05) is 6.92 Å². The van der Waals surface area contributed by atoms with E-state index in [9.17, 15) is 13.6 Å². The predicted octanol–water partition coefficient (Wildman–Crippen LogP) is 2.12. The van der Waals surface area contributed by atoms with Gasteiger partial charge in [-0.05, 0) is 0 Å². The van der Waals surface area contributed by atoms with E-state index in [1.54, 1.807) is 11.5 Å². The first-order valence-electron chi connectivity index (χ1n) is 5.40. The Hall–Kier alpha value is -1.98. The lowest BCUT2D eigenvalue weighted by Crippen LogP contribution is -2.18. The van der Waals surface area contributed by atoms with Crippen molar-refractivity contribution in [1.82, 2.24) is 9.55 Å². The molecule has 1 unspecified atom stereocenters. The fourth-order valence-corrected chi connectivity index (χ4v) is 1.77. The molecule has 6 heteroatoms. The van der Waals surface area contributed by atoms with Gasteiger partial charge in [0.1, 0.15) is 0 Å². The Balaban J connectivity index is 2.35. The van der Waals surface area contributed by atoms with Crippen LogP contribution in [-0.4, -0.2) is 22.6 Å². The monoisotopic (exact) mass is 254 g/mol. The molecule has 0 saturated heterocycles. The molecule has 0 radical (unpaired) electrons. The lowest BCUT2D eigenvalue weighted by Gasteiger charge is -2.10. The molecule has 0 aliphatic rings. The van der Waals surface area contributed by atoms with Crippen LogP contribution >= 0.6 is 0 Å². The summed E-state index contributed by atoms with van der Waals surface area (Å²) in [5.41, 5.74) is 0.801. The SMILES string of the molecule is COC(=O)C(C)Cn1cnc2cc(F)c(F)cc21. The van der Waals surface area contributed by atoms with E-state index in [1.165, 1.54) is 13.4 Å². The van der Waals surface area contributed by atoms with E-state index < -0.39 is 11.6 Å². The zero-order chi connectivity index (χ0) is 13.3. The van der Waals surface area contributed by atoms with E-state index in [2.05, 4.69) is 9.72 Å². The number of hydrogen-bond acceptors (Lipinski definition) is 3. The Kier molecular flexibility index (Phi) is 3.27. The zero-order valence-corrected chi connectivity index (χ0v) is 9.98. The first kappa shape index (κ1) is 12.5. The molecule has 96 valence electrons. The molecule has 1 atom stereocenters. The maximum Gasteiger partial charge on any atom is 0.310 e. The van der Waals surface area contributed by atoms with Crippen LogP contribution in [0.25, 0.3) is 11.0 Å². The average molecular weight is 254 g/mol. The van der Waals surface area contributed by atoms with E-state index in [4.69, 9.17) is 0 Å². The van der Waals surface area contributed by atoms with E-state index in [1.807, 2.05) is 0 Å². The molecule has 1 heterocycles. The van der Waals surface area contributed by atoms with Crippen molar-refractivity contribution in [3.05, 3.63) is 30.1 Å². The molecule has 0 amide bonds. The second-order valence-corrected chi connectivity index (χ2v) is 4.08. The summed E-state index contributed by atoms with van der Waals surface area (Å²) in [5, 5.41) is 0. The fourth-order valence-electron chi connectivity index (χ4n) is 1.77. The number of carbonyl (C=O) groups is 1. The number of aromatic nitrogens is 2. The van der Waals surface area contributed by atoms with Crippen LogP contribution in [0.4, 0.5) is 8.78 Å². The molecule has 0 aliphatic carbocycles. The van der Waals surface area contributed by atoms with Crippen LogP contribution in [-0.2, 0) is 16.1 Å². The van der Waals surface area contributed by atoms with E-state index in [0.29, 0.717) is 17.6 Å². The summed E-state index contributed by atoms with van der Waals surface area (Å²) >= 11 is 0. The van der Waals surface area contributed by atoms with Crippen molar-refractivity contribution in [2.24, 2.45) is 5.92 Å². The van der Waals surface area contributed by atoms with Gasteiger partial charge >= 0.3 is 5.97 Å². The van der Waals surface area contributed by atoms with Crippen LogP contribution in [0, 0.1) is 17.6 Å². The third-order valence-corrected chi connectivity index (χ3v) is 2.74. The molecule has 4 nitrogen and oxygen atoms in total. The predicted molar refractivity (Wildman–Crippen MR) is 60.8 cm³/mol. The minimum atomic E-state index is -0.936. The first-order valence-corrected chi connectivity index (χ1v) is 5.40. The van der Waals surface area contributed by atoms with Crippen molar-refractivity contribution in [2.75, 3.05) is 7.11 Å². The Labute approximate surface area is 102 Å². The van der Waals surface area contributed by atoms with Crippen LogP contribution in [0.5, 0.6) is 0 Å². The van der Waals surface area contributed by atoms with Crippen LogP contribution < -0.4 is 0 Å². The largest absolute Gasteiger partial charge is 0.469 e. The maximum absolute atomic E-state index is 13.2. The second-order valence-electron chi connectivity index (χ2n) is 4.08. The summed E-state index contributed by atoms with van der Waals surface area (Å²) in [4.78, 5) is 15.3. The van der Waals surface area contributed by atoms with E-state index >= 15 is 0 Å². The highest BCUT2D eigenvalue weighted by Gasteiger charge is 2.16. The molecular formula is C12H12F2N2O2. The summed E-state index contributed by atoms with van der Waals surface area (Å²) in [5.74, 6) is -2.62. The number of rotatable bonds is 3. The number of esters is 1. The van der Waals surface area contributed by atoms with Crippen LogP contribution in [0.15, 0.2) is 18.5 Å². The van der Waals surface area contributed by atoms with E-state index in [0.717, 1.165) is 12.1 Å². The molecule has 1 aromatic carbocycles. The fraction of sp³-hybridized carbons (Fsp3) is 0.333. The van der Waals surface area contributed by atoms with Gasteiger partial charge in [-0.2, -0.15) is 0 Å². The number of carbonyl (C=O) groups excluding carboxylic acids is 1. The van der Waals surface area contributed by atoms with Gasteiger partial charge < -0.3 is 9.30 Å². The molecule has 0 saturated carbocycles. The van der Waals surface area contributed by atoms with Gasteiger partial charge in [-0.15, -0.1) is 0 Å². The lowest BCUT2D eigenvalue weighted by molar-refractivity contribution is -0.145. The highest BCUT2D eigenvalue weighted by atomic mass is 19.2. The first-order chi connectivity index (χ1) is 8.52. The number of ether oxygens (including phenoxy) is 1. The minimum Gasteiger partial charge on any atom is -0.469 e. The molecule has 0 bridgehead atoms. The molecular weight excluding hydrogens is 242 g/mol. The summed E-state index contributed by atoms with van der Waals surface area (Å²) in [6, 6.07) is 2.10. The Morgan fingerprint density at radius 3 is 2.78 bits per heavy atom. The average Bonchev–Trinajstić information content (AvgIpc) is 2.71. The van der Waals surface area contributed by atoms with E-state index in [-0.39, 0.29) is 11.9 Å². The second kappa shape index (κ2) is 4.72. The van der Waals surface area contributed by atoms with Crippen molar-refractivity contribution in [3.8, 4) is 0 Å². The number of methoxy groups -OCH3 is 1. The van der Waals surface area contributed by atoms with Crippen LogP contribution in [0.2, 0.25) is 0 Å². The van der Waals surface area contributed by atoms with Crippen LogP contribution in [0.1, 0.15) is 6.92 Å². The standard InChI is InChI=1S/C12H12F2N2O2/c1-7(12(17)18-2)5-16-6-15-10-3-8(13)9(14)4-11(10)16/h3-4,6-7H,5H2,1-2H3. The zero-order valence-electron chi connectivity index (χ0n) is 9.98. The lowest BCUT2D eigenvalue weighted by atomic mass is 10.2.